The van der Waals surface area contributed by atoms with E-state index in [4.69, 9.17) is 5.73 Å². The van der Waals surface area contributed by atoms with Gasteiger partial charge in [-0.3, -0.25) is 0 Å². The predicted molar refractivity (Wildman–Crippen MR) is 89.2 cm³/mol. The van der Waals surface area contributed by atoms with Crippen molar-refractivity contribution in [1.82, 2.24) is 0 Å². The molecule has 2 aliphatic rings. The molecule has 2 fully saturated rings. The number of halogens is 1. The lowest BCUT2D eigenvalue weighted by atomic mass is 9.78. The highest BCUT2D eigenvalue weighted by atomic mass is 79.9. The van der Waals surface area contributed by atoms with Gasteiger partial charge >= 0.3 is 0 Å². The van der Waals surface area contributed by atoms with Gasteiger partial charge in [0.1, 0.15) is 0 Å². The molecular formula is C17H25BrN2. The fourth-order valence-electron chi connectivity index (χ4n) is 4.03. The van der Waals surface area contributed by atoms with E-state index in [9.17, 15) is 0 Å². The minimum absolute atomic E-state index is 0.722. The van der Waals surface area contributed by atoms with Crippen LogP contribution in [0.25, 0.3) is 0 Å². The molecule has 2 N–H and O–H groups in total. The first-order valence-electron chi connectivity index (χ1n) is 8.04. The first kappa shape index (κ1) is 14.4. The van der Waals surface area contributed by atoms with E-state index in [0.717, 1.165) is 24.9 Å². The van der Waals surface area contributed by atoms with E-state index in [-0.39, 0.29) is 0 Å². The molecule has 1 aromatic rings. The fourth-order valence-corrected chi connectivity index (χ4v) is 4.68. The van der Waals surface area contributed by atoms with Crippen molar-refractivity contribution < 1.29 is 0 Å². The molecule has 0 spiro atoms. The predicted octanol–water partition coefficient (Wildman–Crippen LogP) is 4.11. The second-order valence-electron chi connectivity index (χ2n) is 6.27. The Hall–Kier alpha value is -0.540. The van der Waals surface area contributed by atoms with Crippen LogP contribution in [0.15, 0.2) is 22.7 Å². The molecule has 2 nitrogen and oxygen atoms in total. The Morgan fingerprint density at radius 3 is 2.75 bits per heavy atom. The lowest BCUT2D eigenvalue weighted by molar-refractivity contribution is 0.243. The number of anilines is 1. The van der Waals surface area contributed by atoms with E-state index in [1.807, 2.05) is 0 Å². The molecule has 1 saturated heterocycles. The summed E-state index contributed by atoms with van der Waals surface area (Å²) < 4.78 is 1.25. The van der Waals surface area contributed by atoms with E-state index in [1.54, 1.807) is 0 Å². The smallest absolute Gasteiger partial charge is 0.0513 e. The summed E-state index contributed by atoms with van der Waals surface area (Å²) in [5, 5.41) is 0. The average molecular weight is 337 g/mol. The van der Waals surface area contributed by atoms with Gasteiger partial charge in [0.15, 0.2) is 0 Å². The van der Waals surface area contributed by atoms with Gasteiger partial charge in [-0.2, -0.15) is 0 Å². The van der Waals surface area contributed by atoms with Gasteiger partial charge in [0.25, 0.3) is 0 Å². The van der Waals surface area contributed by atoms with Crippen LogP contribution in [0.4, 0.5) is 5.69 Å². The molecule has 110 valence electrons. The summed E-state index contributed by atoms with van der Waals surface area (Å²) in [4.78, 5) is 2.67. The van der Waals surface area contributed by atoms with Crippen LogP contribution in [0, 0.1) is 5.92 Å². The number of hydrogen-bond acceptors (Lipinski definition) is 2. The van der Waals surface area contributed by atoms with Crippen LogP contribution in [-0.2, 0) is 6.42 Å². The maximum atomic E-state index is 5.65. The van der Waals surface area contributed by atoms with Crippen LogP contribution in [0.5, 0.6) is 0 Å². The summed E-state index contributed by atoms with van der Waals surface area (Å²) in [5.41, 5.74) is 8.38. The van der Waals surface area contributed by atoms with Gasteiger partial charge in [0.05, 0.1) is 5.69 Å². The number of rotatable bonds is 3. The van der Waals surface area contributed by atoms with Crippen LogP contribution in [0.1, 0.15) is 44.1 Å². The largest absolute Gasteiger partial charge is 0.367 e. The lowest BCUT2D eigenvalue weighted by Crippen LogP contribution is -2.47. The minimum Gasteiger partial charge on any atom is -0.367 e. The van der Waals surface area contributed by atoms with Crippen LogP contribution in [-0.4, -0.2) is 19.1 Å². The Kier molecular flexibility index (Phi) is 4.67. The highest BCUT2D eigenvalue weighted by Crippen LogP contribution is 2.40. The van der Waals surface area contributed by atoms with Crippen molar-refractivity contribution in [3.63, 3.8) is 0 Å². The maximum Gasteiger partial charge on any atom is 0.0513 e. The van der Waals surface area contributed by atoms with E-state index >= 15 is 0 Å². The van der Waals surface area contributed by atoms with E-state index < -0.39 is 0 Å². The van der Waals surface area contributed by atoms with Gasteiger partial charge in [-0.1, -0.05) is 18.9 Å². The van der Waals surface area contributed by atoms with Crippen LogP contribution in [0.2, 0.25) is 0 Å². The zero-order valence-electron chi connectivity index (χ0n) is 12.2. The van der Waals surface area contributed by atoms with Gasteiger partial charge in [-0.15, -0.1) is 0 Å². The van der Waals surface area contributed by atoms with Crippen molar-refractivity contribution in [2.24, 2.45) is 11.7 Å². The number of nitrogens with zero attached hydrogens (tertiary/aromatic N) is 1. The van der Waals surface area contributed by atoms with Crippen molar-refractivity contribution in [3.05, 3.63) is 28.2 Å². The van der Waals surface area contributed by atoms with Gasteiger partial charge in [0, 0.05) is 17.1 Å². The monoisotopic (exact) mass is 336 g/mol. The summed E-state index contributed by atoms with van der Waals surface area (Å²) in [5.74, 6) is 0.924. The van der Waals surface area contributed by atoms with Gasteiger partial charge in [-0.05, 0) is 78.2 Å². The van der Waals surface area contributed by atoms with Crippen molar-refractivity contribution in [2.45, 2.75) is 51.0 Å². The number of benzene rings is 1. The molecule has 3 heteroatoms. The molecule has 0 aromatic heterocycles. The van der Waals surface area contributed by atoms with E-state index in [2.05, 4.69) is 39.0 Å². The molecule has 0 unspecified atom stereocenters. The second-order valence-corrected chi connectivity index (χ2v) is 7.13. The summed E-state index contributed by atoms with van der Waals surface area (Å²) in [7, 11) is 0. The van der Waals surface area contributed by atoms with Crippen molar-refractivity contribution in [3.8, 4) is 0 Å². The molecule has 1 aliphatic heterocycles. The van der Waals surface area contributed by atoms with Crippen LogP contribution >= 0.6 is 15.9 Å². The third-order valence-electron chi connectivity index (χ3n) is 5.00. The first-order chi connectivity index (χ1) is 9.79. The summed E-state index contributed by atoms with van der Waals surface area (Å²) in [6.07, 6.45) is 9.39. The summed E-state index contributed by atoms with van der Waals surface area (Å²) in [6, 6.07) is 7.58. The highest BCUT2D eigenvalue weighted by Gasteiger charge is 2.33. The van der Waals surface area contributed by atoms with E-state index in [0.29, 0.717) is 0 Å². The molecule has 20 heavy (non-hydrogen) atoms. The Morgan fingerprint density at radius 2 is 1.95 bits per heavy atom. The maximum absolute atomic E-state index is 5.65. The molecular weight excluding hydrogens is 312 g/mol. The van der Waals surface area contributed by atoms with E-state index in [1.165, 1.54) is 60.8 Å². The third-order valence-corrected chi connectivity index (χ3v) is 5.63. The zero-order chi connectivity index (χ0) is 13.9. The second kappa shape index (κ2) is 6.48. The number of nitrogens with two attached hydrogens (primary N) is 1. The summed E-state index contributed by atoms with van der Waals surface area (Å²) in [6.45, 7) is 1.94. The molecule has 1 aliphatic carbocycles. The van der Waals surface area contributed by atoms with Crippen molar-refractivity contribution in [1.29, 1.82) is 0 Å². The third kappa shape index (κ3) is 2.89. The molecule has 1 heterocycles. The molecule has 3 rings (SSSR count). The molecule has 1 aromatic carbocycles. The fraction of sp³-hybridized carbons (Fsp3) is 0.647. The zero-order valence-corrected chi connectivity index (χ0v) is 13.7. The SMILES string of the molecule is NCCc1ccc(N2CCC[C@H]3CCCC[C@H]32)c(Br)c1. The van der Waals surface area contributed by atoms with Crippen molar-refractivity contribution >= 4 is 21.6 Å². The normalized spacial score (nSPS) is 26.4. The number of fused-ring (bicyclic) bond motifs is 1. The van der Waals surface area contributed by atoms with Gasteiger partial charge in [-0.25, -0.2) is 0 Å². The Morgan fingerprint density at radius 1 is 1.15 bits per heavy atom. The molecule has 0 radical (unpaired) electrons. The highest BCUT2D eigenvalue weighted by molar-refractivity contribution is 9.10. The summed E-state index contributed by atoms with van der Waals surface area (Å²) >= 11 is 3.79. The molecule has 2 atom stereocenters. The lowest BCUT2D eigenvalue weighted by Gasteiger charge is -2.45. The van der Waals surface area contributed by atoms with Gasteiger partial charge < -0.3 is 10.6 Å². The standard InChI is InChI=1S/C17H25BrN2/c18-15-12-13(9-10-19)7-8-17(15)20-11-3-5-14-4-1-2-6-16(14)20/h7-8,12,14,16H,1-6,9-11,19H2/t14-,16-/m1/s1. The number of hydrogen-bond donors (Lipinski definition) is 1. The Bertz CT molecular complexity index is 458. The van der Waals surface area contributed by atoms with Crippen LogP contribution < -0.4 is 10.6 Å². The van der Waals surface area contributed by atoms with Crippen LogP contribution in [0.3, 0.4) is 0 Å². The quantitative estimate of drug-likeness (QED) is 0.899. The minimum atomic E-state index is 0.722. The first-order valence-corrected chi connectivity index (χ1v) is 8.84. The molecule has 0 bridgehead atoms. The van der Waals surface area contributed by atoms with Gasteiger partial charge in [0.2, 0.25) is 0 Å². The molecule has 0 amide bonds. The van der Waals surface area contributed by atoms with Crippen molar-refractivity contribution in [2.75, 3.05) is 18.0 Å². The Balaban J connectivity index is 1.83. The average Bonchev–Trinajstić information content (AvgIpc) is 2.47. The number of piperidine rings is 1. The topological polar surface area (TPSA) is 29.3 Å². The molecule has 1 saturated carbocycles. The Labute approximate surface area is 130 Å².